The number of hydrogen-bond acceptors (Lipinski definition) is 3. The molecule has 0 saturated heterocycles. The number of Topliss-reactive ketones (excluding diaryl/α,β-unsaturated/α-hetero) is 1. The lowest BCUT2D eigenvalue weighted by atomic mass is 9.81. The van der Waals surface area contributed by atoms with Crippen LogP contribution in [0.1, 0.15) is 37.0 Å². The van der Waals surface area contributed by atoms with E-state index in [0.29, 0.717) is 31.5 Å². The van der Waals surface area contributed by atoms with Crippen molar-refractivity contribution in [3.63, 3.8) is 0 Å². The van der Waals surface area contributed by atoms with E-state index in [1.165, 1.54) is 4.88 Å². The summed E-state index contributed by atoms with van der Waals surface area (Å²) in [6.07, 6.45) is 4.14. The van der Waals surface area contributed by atoms with Crippen LogP contribution in [0, 0.1) is 0 Å². The maximum absolute atomic E-state index is 11.1. The van der Waals surface area contributed by atoms with Crippen molar-refractivity contribution < 1.29 is 9.90 Å². The summed E-state index contributed by atoms with van der Waals surface area (Å²) in [7, 11) is 0. The van der Waals surface area contributed by atoms with Crippen molar-refractivity contribution in [2.24, 2.45) is 0 Å². The van der Waals surface area contributed by atoms with Crippen LogP contribution in [0.3, 0.4) is 0 Å². The standard InChI is InChI=1S/C12H16O2S/c13-10-3-6-12(14,7-4-10)8-5-11-2-1-9-15-11/h1-2,9,14H,3-8H2. The van der Waals surface area contributed by atoms with Gasteiger partial charge < -0.3 is 5.11 Å². The fourth-order valence-corrected chi connectivity index (χ4v) is 2.76. The van der Waals surface area contributed by atoms with Gasteiger partial charge >= 0.3 is 0 Å². The lowest BCUT2D eigenvalue weighted by Gasteiger charge is -2.31. The van der Waals surface area contributed by atoms with Gasteiger partial charge in [0, 0.05) is 17.7 Å². The van der Waals surface area contributed by atoms with E-state index in [2.05, 4.69) is 11.4 Å². The minimum Gasteiger partial charge on any atom is -0.390 e. The molecule has 0 amide bonds. The van der Waals surface area contributed by atoms with Gasteiger partial charge in [-0.3, -0.25) is 4.79 Å². The summed E-state index contributed by atoms with van der Waals surface area (Å²) in [5.74, 6) is 0.302. The first-order chi connectivity index (χ1) is 7.18. The minimum absolute atomic E-state index is 0.302. The Bertz CT molecular complexity index is 319. The minimum atomic E-state index is -0.585. The van der Waals surface area contributed by atoms with Gasteiger partial charge in [-0.05, 0) is 37.1 Å². The molecule has 1 heterocycles. The first-order valence-electron chi connectivity index (χ1n) is 5.44. The van der Waals surface area contributed by atoms with E-state index < -0.39 is 5.60 Å². The third-order valence-electron chi connectivity index (χ3n) is 3.16. The van der Waals surface area contributed by atoms with Gasteiger partial charge in [-0.25, -0.2) is 0 Å². The average Bonchev–Trinajstić information content (AvgIpc) is 2.73. The van der Waals surface area contributed by atoms with Crippen LogP contribution < -0.4 is 0 Å². The monoisotopic (exact) mass is 224 g/mol. The summed E-state index contributed by atoms with van der Waals surface area (Å²) < 4.78 is 0. The van der Waals surface area contributed by atoms with E-state index in [-0.39, 0.29) is 0 Å². The molecule has 1 aliphatic carbocycles. The summed E-state index contributed by atoms with van der Waals surface area (Å²) >= 11 is 1.73. The number of thiophene rings is 1. The summed E-state index contributed by atoms with van der Waals surface area (Å²) in [6, 6.07) is 4.14. The molecular weight excluding hydrogens is 208 g/mol. The number of aryl methyl sites for hydroxylation is 1. The number of ketones is 1. The molecule has 0 aliphatic heterocycles. The van der Waals surface area contributed by atoms with Crippen molar-refractivity contribution in [1.29, 1.82) is 0 Å². The number of hydrogen-bond donors (Lipinski definition) is 1. The molecule has 1 fully saturated rings. The SMILES string of the molecule is O=C1CCC(O)(CCc2cccs2)CC1. The zero-order chi connectivity index (χ0) is 10.7. The average molecular weight is 224 g/mol. The predicted octanol–water partition coefficient (Wildman–Crippen LogP) is 2.55. The van der Waals surface area contributed by atoms with Gasteiger partial charge in [0.15, 0.2) is 0 Å². The molecule has 2 nitrogen and oxygen atoms in total. The molecule has 82 valence electrons. The Morgan fingerprint density at radius 1 is 1.40 bits per heavy atom. The Labute approximate surface area is 93.9 Å². The van der Waals surface area contributed by atoms with Crippen molar-refractivity contribution in [2.45, 2.75) is 44.1 Å². The quantitative estimate of drug-likeness (QED) is 0.856. The molecule has 0 atom stereocenters. The third kappa shape index (κ3) is 2.89. The van der Waals surface area contributed by atoms with Gasteiger partial charge in [0.2, 0.25) is 0 Å². The van der Waals surface area contributed by atoms with Crippen LogP contribution in [0.25, 0.3) is 0 Å². The molecule has 0 unspecified atom stereocenters. The number of rotatable bonds is 3. The van der Waals surface area contributed by atoms with Gasteiger partial charge in [0.05, 0.1) is 5.60 Å². The van der Waals surface area contributed by atoms with Gasteiger partial charge in [-0.15, -0.1) is 11.3 Å². The molecule has 15 heavy (non-hydrogen) atoms. The highest BCUT2D eigenvalue weighted by Gasteiger charge is 2.31. The van der Waals surface area contributed by atoms with Crippen LogP contribution in [-0.2, 0) is 11.2 Å². The van der Waals surface area contributed by atoms with Crippen LogP contribution >= 0.6 is 11.3 Å². The summed E-state index contributed by atoms with van der Waals surface area (Å²) in [6.45, 7) is 0. The lowest BCUT2D eigenvalue weighted by Crippen LogP contribution is -2.34. The number of aliphatic hydroxyl groups is 1. The van der Waals surface area contributed by atoms with E-state index in [1.807, 2.05) is 6.07 Å². The second-order valence-electron chi connectivity index (χ2n) is 4.34. The van der Waals surface area contributed by atoms with Gasteiger partial charge in [0.1, 0.15) is 5.78 Å². The summed E-state index contributed by atoms with van der Waals surface area (Å²) in [5, 5.41) is 12.3. The Morgan fingerprint density at radius 3 is 2.73 bits per heavy atom. The molecular formula is C12H16O2S. The van der Waals surface area contributed by atoms with Crippen molar-refractivity contribution >= 4 is 17.1 Å². The van der Waals surface area contributed by atoms with Crippen LogP contribution in [0.2, 0.25) is 0 Å². The first kappa shape index (κ1) is 10.8. The van der Waals surface area contributed by atoms with Crippen LogP contribution in [0.5, 0.6) is 0 Å². The van der Waals surface area contributed by atoms with E-state index in [4.69, 9.17) is 0 Å². The summed E-state index contributed by atoms with van der Waals surface area (Å²) in [5.41, 5.74) is -0.585. The van der Waals surface area contributed by atoms with Gasteiger partial charge in [0.25, 0.3) is 0 Å². The largest absolute Gasteiger partial charge is 0.390 e. The molecule has 1 saturated carbocycles. The van der Waals surface area contributed by atoms with Crippen molar-refractivity contribution in [2.75, 3.05) is 0 Å². The number of carbonyl (C=O) groups is 1. The normalized spacial score (nSPS) is 20.5. The molecule has 0 radical (unpaired) electrons. The highest BCUT2D eigenvalue weighted by Crippen LogP contribution is 2.30. The van der Waals surface area contributed by atoms with Crippen LogP contribution in [0.4, 0.5) is 0 Å². The highest BCUT2D eigenvalue weighted by molar-refractivity contribution is 7.09. The van der Waals surface area contributed by atoms with Crippen molar-refractivity contribution in [3.8, 4) is 0 Å². The maximum atomic E-state index is 11.1. The zero-order valence-corrected chi connectivity index (χ0v) is 9.55. The van der Waals surface area contributed by atoms with Crippen LogP contribution in [0.15, 0.2) is 17.5 Å². The third-order valence-corrected chi connectivity index (χ3v) is 4.09. The van der Waals surface area contributed by atoms with Crippen LogP contribution in [-0.4, -0.2) is 16.5 Å². The van der Waals surface area contributed by atoms with Crippen molar-refractivity contribution in [1.82, 2.24) is 0 Å². The molecule has 0 bridgehead atoms. The fourth-order valence-electron chi connectivity index (χ4n) is 2.05. The highest BCUT2D eigenvalue weighted by atomic mass is 32.1. The van der Waals surface area contributed by atoms with Gasteiger partial charge in [-0.2, -0.15) is 0 Å². The lowest BCUT2D eigenvalue weighted by molar-refractivity contribution is -0.125. The molecule has 0 spiro atoms. The van der Waals surface area contributed by atoms with Gasteiger partial charge in [-0.1, -0.05) is 6.07 Å². The second kappa shape index (κ2) is 4.45. The fraction of sp³-hybridized carbons (Fsp3) is 0.583. The van der Waals surface area contributed by atoms with E-state index >= 15 is 0 Å². The molecule has 3 heteroatoms. The molecule has 1 aromatic heterocycles. The van der Waals surface area contributed by atoms with E-state index in [0.717, 1.165) is 12.8 Å². The molecule has 0 aromatic carbocycles. The maximum Gasteiger partial charge on any atom is 0.133 e. The smallest absolute Gasteiger partial charge is 0.133 e. The number of carbonyl (C=O) groups excluding carboxylic acids is 1. The topological polar surface area (TPSA) is 37.3 Å². The summed E-state index contributed by atoms with van der Waals surface area (Å²) in [4.78, 5) is 12.4. The predicted molar refractivity (Wildman–Crippen MR) is 61.1 cm³/mol. The molecule has 1 aliphatic rings. The Balaban J connectivity index is 1.85. The Kier molecular flexibility index (Phi) is 3.22. The first-order valence-corrected chi connectivity index (χ1v) is 6.32. The van der Waals surface area contributed by atoms with E-state index in [1.54, 1.807) is 11.3 Å². The Morgan fingerprint density at radius 2 is 2.13 bits per heavy atom. The molecule has 1 N–H and O–H groups in total. The zero-order valence-electron chi connectivity index (χ0n) is 8.74. The Hall–Kier alpha value is -0.670. The second-order valence-corrected chi connectivity index (χ2v) is 5.37. The molecule has 2 rings (SSSR count). The molecule has 1 aromatic rings. The van der Waals surface area contributed by atoms with Crippen molar-refractivity contribution in [3.05, 3.63) is 22.4 Å². The van der Waals surface area contributed by atoms with E-state index in [9.17, 15) is 9.90 Å².